The molecule has 144 valence electrons. The summed E-state index contributed by atoms with van der Waals surface area (Å²) in [7, 11) is 0. The van der Waals surface area contributed by atoms with E-state index in [1.807, 2.05) is 6.07 Å². The molecule has 2 aromatic carbocycles. The number of hydrazine groups is 1. The highest BCUT2D eigenvalue weighted by atomic mass is 16.7. The minimum Gasteiger partial charge on any atom is -0.539 e. The first kappa shape index (κ1) is 18.0. The number of nitrogens with one attached hydrogen (secondary N) is 1. The van der Waals surface area contributed by atoms with E-state index in [-0.39, 0.29) is 11.3 Å². The lowest BCUT2D eigenvalue weighted by molar-refractivity contribution is -0.670. The van der Waals surface area contributed by atoms with Crippen LogP contribution in [0, 0.1) is 0 Å². The molecule has 3 aromatic rings. The van der Waals surface area contributed by atoms with E-state index in [4.69, 9.17) is 4.84 Å². The van der Waals surface area contributed by atoms with E-state index in [2.05, 4.69) is 25.6 Å². The van der Waals surface area contributed by atoms with Gasteiger partial charge in [0, 0.05) is 17.7 Å². The number of nitrogens with zero attached hydrogens (tertiary/aromatic N) is 5. The van der Waals surface area contributed by atoms with Crippen molar-refractivity contribution in [1.82, 2.24) is 10.9 Å². The van der Waals surface area contributed by atoms with Crippen LogP contribution in [-0.2, 0) is 9.63 Å². The van der Waals surface area contributed by atoms with Crippen LogP contribution < -0.4 is 20.4 Å². The van der Waals surface area contributed by atoms with Crippen molar-refractivity contribution in [2.24, 2.45) is 10.2 Å². The zero-order chi connectivity index (χ0) is 20.2. The molecule has 11 heteroatoms. The van der Waals surface area contributed by atoms with Crippen molar-refractivity contribution in [3.8, 4) is 11.6 Å². The lowest BCUT2D eigenvalue weighted by atomic mass is 10.2. The van der Waals surface area contributed by atoms with Crippen molar-refractivity contribution in [2.75, 3.05) is 5.01 Å². The first-order chi connectivity index (χ1) is 14.1. The Morgan fingerprint density at radius 1 is 1.17 bits per heavy atom. The summed E-state index contributed by atoms with van der Waals surface area (Å²) in [5.41, 5.74) is 3.96. The molecule has 0 aliphatic carbocycles. The fourth-order valence-corrected chi connectivity index (χ4v) is 2.46. The summed E-state index contributed by atoms with van der Waals surface area (Å²) in [6.45, 7) is 0. The number of amides is 1. The molecule has 2 heterocycles. The molecule has 1 N–H and O–H groups in total. The van der Waals surface area contributed by atoms with Gasteiger partial charge in [-0.15, -0.1) is 5.11 Å². The van der Waals surface area contributed by atoms with Crippen molar-refractivity contribution >= 4 is 17.6 Å². The van der Waals surface area contributed by atoms with Gasteiger partial charge in [-0.2, -0.15) is 5.11 Å². The first-order valence-electron chi connectivity index (χ1n) is 8.25. The number of benzene rings is 2. The molecule has 1 aliphatic heterocycles. The Labute approximate surface area is 163 Å². The molecule has 0 saturated carbocycles. The van der Waals surface area contributed by atoms with Gasteiger partial charge in [0.25, 0.3) is 5.91 Å². The lowest BCUT2D eigenvalue weighted by Crippen LogP contribution is -2.31. The average Bonchev–Trinajstić information content (AvgIpc) is 3.35. The van der Waals surface area contributed by atoms with E-state index >= 15 is 0 Å². The van der Waals surface area contributed by atoms with Crippen molar-refractivity contribution < 1.29 is 28.7 Å². The Morgan fingerprint density at radius 2 is 1.93 bits per heavy atom. The number of carbonyl (C=O) groups excluding carboxylic acids is 2. The number of carbonyl (C=O) groups is 2. The Morgan fingerprint density at radius 3 is 2.62 bits per heavy atom. The summed E-state index contributed by atoms with van der Waals surface area (Å²) in [5.74, 6) is -1.86. The standard InChI is InChI=1S/C18H12N6O5/c25-16-11-23(21-28-16)13-8-6-12(7-9-13)17(26)20-19-10-15-18(27)29-22-24(15)14-4-2-1-3-5-14/h1-11,22H/b15-10+,20-19?. The maximum atomic E-state index is 12.2. The minimum atomic E-state index is -0.660. The van der Waals surface area contributed by atoms with E-state index in [1.54, 1.807) is 36.4 Å². The molecule has 1 fully saturated rings. The third-order valence-electron chi connectivity index (χ3n) is 3.85. The summed E-state index contributed by atoms with van der Waals surface area (Å²) in [6.07, 6.45) is 2.29. The van der Waals surface area contributed by atoms with Crippen LogP contribution in [-0.4, -0.2) is 17.1 Å². The molecule has 1 saturated heterocycles. The lowest BCUT2D eigenvalue weighted by Gasteiger charge is -2.14. The van der Waals surface area contributed by atoms with E-state index in [9.17, 15) is 14.7 Å². The topological polar surface area (TPSA) is 136 Å². The fourth-order valence-electron chi connectivity index (χ4n) is 2.46. The van der Waals surface area contributed by atoms with Crippen LogP contribution in [0.1, 0.15) is 10.4 Å². The largest absolute Gasteiger partial charge is 0.539 e. The number of hydrogen-bond donors (Lipinski definition) is 1. The van der Waals surface area contributed by atoms with Gasteiger partial charge in [0.2, 0.25) is 11.9 Å². The van der Waals surface area contributed by atoms with Gasteiger partial charge in [0.15, 0.2) is 5.70 Å². The maximum absolute atomic E-state index is 12.2. The monoisotopic (exact) mass is 392 g/mol. The van der Waals surface area contributed by atoms with Crippen molar-refractivity contribution in [2.45, 2.75) is 0 Å². The fraction of sp³-hybridized carbons (Fsp3) is 0. The molecule has 29 heavy (non-hydrogen) atoms. The van der Waals surface area contributed by atoms with Crippen LogP contribution in [0.15, 0.2) is 87.4 Å². The second-order valence-electron chi connectivity index (χ2n) is 5.70. The normalized spacial score (nSPS) is 15.2. The molecule has 0 spiro atoms. The summed E-state index contributed by atoms with van der Waals surface area (Å²) in [5, 5.41) is 23.2. The Bertz CT molecular complexity index is 1110. The molecule has 0 radical (unpaired) electrons. The molecule has 4 rings (SSSR count). The van der Waals surface area contributed by atoms with Gasteiger partial charge in [-0.1, -0.05) is 23.8 Å². The van der Waals surface area contributed by atoms with Gasteiger partial charge in [-0.05, 0) is 28.9 Å². The maximum Gasteiger partial charge on any atom is 0.378 e. The van der Waals surface area contributed by atoms with Gasteiger partial charge in [0.05, 0.1) is 17.2 Å². The highest BCUT2D eigenvalue weighted by Gasteiger charge is 2.29. The zero-order valence-electron chi connectivity index (χ0n) is 14.6. The highest BCUT2D eigenvalue weighted by molar-refractivity contribution is 5.95. The summed E-state index contributed by atoms with van der Waals surface area (Å²) >= 11 is 0. The van der Waals surface area contributed by atoms with Crippen molar-refractivity contribution in [3.05, 3.63) is 78.3 Å². The van der Waals surface area contributed by atoms with Crippen molar-refractivity contribution in [1.29, 1.82) is 0 Å². The molecular formula is C18H12N6O5. The van der Waals surface area contributed by atoms with Gasteiger partial charge in [0.1, 0.15) is 5.95 Å². The molecule has 1 aliphatic rings. The van der Waals surface area contributed by atoms with Gasteiger partial charge >= 0.3 is 5.97 Å². The summed E-state index contributed by atoms with van der Waals surface area (Å²) in [6, 6.07) is 15.1. The zero-order valence-corrected chi connectivity index (χ0v) is 14.6. The van der Waals surface area contributed by atoms with Gasteiger partial charge < -0.3 is 14.5 Å². The smallest absolute Gasteiger partial charge is 0.378 e. The number of anilines is 1. The summed E-state index contributed by atoms with van der Waals surface area (Å²) < 4.78 is 5.69. The number of aromatic nitrogens is 2. The minimum absolute atomic E-state index is 0.0685. The molecular weight excluding hydrogens is 380 g/mol. The Hall–Kier alpha value is -4.38. The second kappa shape index (κ2) is 7.70. The Balaban J connectivity index is 1.48. The predicted molar refractivity (Wildman–Crippen MR) is 92.9 cm³/mol. The third kappa shape index (κ3) is 3.84. The Kier molecular flexibility index (Phi) is 4.78. The second-order valence-corrected chi connectivity index (χ2v) is 5.70. The van der Waals surface area contributed by atoms with Crippen LogP contribution in [0.4, 0.5) is 5.69 Å². The molecule has 0 atom stereocenters. The van der Waals surface area contributed by atoms with Crippen LogP contribution >= 0.6 is 0 Å². The van der Waals surface area contributed by atoms with E-state index in [1.165, 1.54) is 21.8 Å². The third-order valence-corrected chi connectivity index (χ3v) is 3.85. The van der Waals surface area contributed by atoms with Crippen molar-refractivity contribution in [3.63, 3.8) is 0 Å². The number of para-hydroxylation sites is 1. The highest BCUT2D eigenvalue weighted by Crippen LogP contribution is 2.21. The average molecular weight is 392 g/mol. The molecule has 0 bridgehead atoms. The SMILES string of the molecule is O=C1ONN(c2ccccc2)/C1=C/N=NC(=O)c1ccc(-[n+]2cc([O-])on2)cc1. The van der Waals surface area contributed by atoms with Crippen LogP contribution in [0.25, 0.3) is 5.69 Å². The van der Waals surface area contributed by atoms with Crippen LogP contribution in [0.5, 0.6) is 5.95 Å². The number of hydrogen-bond acceptors (Lipinski definition) is 9. The number of rotatable bonds is 4. The quantitative estimate of drug-likeness (QED) is 0.394. The number of azo groups is 1. The molecule has 1 aromatic heterocycles. The molecule has 0 unspecified atom stereocenters. The van der Waals surface area contributed by atoms with E-state index < -0.39 is 17.8 Å². The van der Waals surface area contributed by atoms with Gasteiger partial charge in [-0.3, -0.25) is 4.79 Å². The van der Waals surface area contributed by atoms with E-state index in [0.29, 0.717) is 11.4 Å². The first-order valence-corrected chi connectivity index (χ1v) is 8.25. The summed E-state index contributed by atoms with van der Waals surface area (Å²) in [4.78, 5) is 28.8. The van der Waals surface area contributed by atoms with E-state index in [0.717, 1.165) is 12.4 Å². The molecule has 1 amide bonds. The van der Waals surface area contributed by atoms with Crippen LogP contribution in [0.3, 0.4) is 0 Å². The molecule has 11 nitrogen and oxygen atoms in total. The predicted octanol–water partition coefficient (Wildman–Crippen LogP) is 0.942. The van der Waals surface area contributed by atoms with Crippen LogP contribution in [0.2, 0.25) is 0 Å². The van der Waals surface area contributed by atoms with Gasteiger partial charge in [-0.25, -0.2) is 9.80 Å².